The molecular formula is C16H16ClIN2O. The Balaban J connectivity index is 2.09. The first-order valence-corrected chi connectivity index (χ1v) is 8.01. The first-order chi connectivity index (χ1) is 9.99. The van der Waals surface area contributed by atoms with Gasteiger partial charge in [-0.05, 0) is 46.4 Å². The van der Waals surface area contributed by atoms with Gasteiger partial charge in [-0.15, -0.1) is 0 Å². The molecule has 2 rings (SSSR count). The summed E-state index contributed by atoms with van der Waals surface area (Å²) in [6.45, 7) is 1.83. The van der Waals surface area contributed by atoms with E-state index in [1.165, 1.54) is 0 Å². The van der Waals surface area contributed by atoms with Crippen molar-refractivity contribution in [1.82, 2.24) is 0 Å². The standard InChI is InChI=1S/C16H16ClIN2O/c1-10(15(19)11-5-3-2-4-6-11)16(21)20-14-8-7-12(17)9-13(14)18/h2-10,15H,19H2,1H3,(H,20,21). The highest BCUT2D eigenvalue weighted by Crippen LogP contribution is 2.25. The molecule has 0 aliphatic carbocycles. The number of halogens is 2. The Kier molecular flexibility index (Phi) is 5.61. The number of nitrogens with two attached hydrogens (primary N) is 1. The van der Waals surface area contributed by atoms with Gasteiger partial charge in [0.25, 0.3) is 0 Å². The van der Waals surface area contributed by atoms with Crippen molar-refractivity contribution in [1.29, 1.82) is 0 Å². The van der Waals surface area contributed by atoms with Crippen LogP contribution in [0.2, 0.25) is 5.02 Å². The van der Waals surface area contributed by atoms with E-state index in [0.29, 0.717) is 5.02 Å². The van der Waals surface area contributed by atoms with Gasteiger partial charge in [0, 0.05) is 14.6 Å². The lowest BCUT2D eigenvalue weighted by molar-refractivity contribution is -0.120. The van der Waals surface area contributed by atoms with Crippen LogP contribution in [0.1, 0.15) is 18.5 Å². The van der Waals surface area contributed by atoms with Gasteiger partial charge in [0.15, 0.2) is 0 Å². The molecule has 2 aromatic rings. The highest BCUT2D eigenvalue weighted by Gasteiger charge is 2.22. The van der Waals surface area contributed by atoms with E-state index >= 15 is 0 Å². The Morgan fingerprint density at radius 1 is 1.24 bits per heavy atom. The molecule has 0 bridgehead atoms. The van der Waals surface area contributed by atoms with Crippen molar-refractivity contribution in [2.24, 2.45) is 11.7 Å². The number of carbonyl (C=O) groups is 1. The van der Waals surface area contributed by atoms with Crippen molar-refractivity contribution in [3.63, 3.8) is 0 Å². The molecule has 0 aliphatic rings. The van der Waals surface area contributed by atoms with Crippen LogP contribution in [0.4, 0.5) is 5.69 Å². The van der Waals surface area contributed by atoms with Crippen LogP contribution < -0.4 is 11.1 Å². The minimum Gasteiger partial charge on any atom is -0.325 e. The van der Waals surface area contributed by atoms with Gasteiger partial charge in [0.05, 0.1) is 11.6 Å². The lowest BCUT2D eigenvalue weighted by atomic mass is 9.94. The van der Waals surface area contributed by atoms with E-state index < -0.39 is 0 Å². The van der Waals surface area contributed by atoms with Crippen LogP contribution in [-0.2, 0) is 4.79 Å². The normalized spacial score (nSPS) is 13.5. The van der Waals surface area contributed by atoms with Gasteiger partial charge in [-0.3, -0.25) is 4.79 Å². The summed E-state index contributed by atoms with van der Waals surface area (Å²) in [5.41, 5.74) is 7.87. The maximum atomic E-state index is 12.3. The number of rotatable bonds is 4. The number of carbonyl (C=O) groups excluding carboxylic acids is 1. The second kappa shape index (κ2) is 7.24. The van der Waals surface area contributed by atoms with Crippen LogP contribution in [0.25, 0.3) is 0 Å². The fraction of sp³-hybridized carbons (Fsp3) is 0.188. The zero-order chi connectivity index (χ0) is 15.4. The minimum absolute atomic E-state index is 0.105. The summed E-state index contributed by atoms with van der Waals surface area (Å²) in [4.78, 5) is 12.3. The maximum absolute atomic E-state index is 12.3. The zero-order valence-electron chi connectivity index (χ0n) is 11.5. The molecule has 2 aromatic carbocycles. The molecule has 0 spiro atoms. The molecule has 2 unspecified atom stereocenters. The first kappa shape index (κ1) is 16.3. The minimum atomic E-state index is -0.337. The van der Waals surface area contributed by atoms with Gasteiger partial charge in [0.1, 0.15) is 0 Å². The van der Waals surface area contributed by atoms with E-state index in [9.17, 15) is 4.79 Å². The van der Waals surface area contributed by atoms with Gasteiger partial charge in [-0.25, -0.2) is 0 Å². The fourth-order valence-electron chi connectivity index (χ4n) is 1.96. The summed E-state index contributed by atoms with van der Waals surface area (Å²) in [6.07, 6.45) is 0. The van der Waals surface area contributed by atoms with Gasteiger partial charge < -0.3 is 11.1 Å². The van der Waals surface area contributed by atoms with Crippen LogP contribution in [0, 0.1) is 9.49 Å². The number of benzene rings is 2. The monoisotopic (exact) mass is 414 g/mol. The number of nitrogens with one attached hydrogen (secondary N) is 1. The fourth-order valence-corrected chi connectivity index (χ4v) is 2.97. The second-order valence-corrected chi connectivity index (χ2v) is 6.44. The molecular weight excluding hydrogens is 399 g/mol. The van der Waals surface area contributed by atoms with Crippen LogP contribution >= 0.6 is 34.2 Å². The van der Waals surface area contributed by atoms with Gasteiger partial charge in [-0.1, -0.05) is 48.9 Å². The highest BCUT2D eigenvalue weighted by molar-refractivity contribution is 14.1. The third kappa shape index (κ3) is 4.18. The first-order valence-electron chi connectivity index (χ1n) is 6.55. The Bertz CT molecular complexity index is 633. The Hall–Kier alpha value is -1.11. The summed E-state index contributed by atoms with van der Waals surface area (Å²) in [7, 11) is 0. The number of amides is 1. The Labute approximate surface area is 143 Å². The molecule has 0 saturated carbocycles. The smallest absolute Gasteiger partial charge is 0.229 e. The molecule has 110 valence electrons. The van der Waals surface area contributed by atoms with Crippen molar-refractivity contribution < 1.29 is 4.79 Å². The largest absolute Gasteiger partial charge is 0.325 e. The van der Waals surface area contributed by atoms with E-state index in [1.807, 2.05) is 37.3 Å². The highest BCUT2D eigenvalue weighted by atomic mass is 127. The molecule has 5 heteroatoms. The second-order valence-electron chi connectivity index (χ2n) is 4.84. The number of hydrogen-bond donors (Lipinski definition) is 2. The van der Waals surface area contributed by atoms with E-state index in [0.717, 1.165) is 14.8 Å². The summed E-state index contributed by atoms with van der Waals surface area (Å²) < 4.78 is 0.897. The molecule has 1 amide bonds. The predicted octanol–water partition coefficient (Wildman–Crippen LogP) is 4.22. The number of hydrogen-bond acceptors (Lipinski definition) is 2. The molecule has 0 radical (unpaired) electrons. The Morgan fingerprint density at radius 2 is 1.90 bits per heavy atom. The molecule has 2 atom stereocenters. The summed E-state index contributed by atoms with van der Waals surface area (Å²) in [5, 5.41) is 3.55. The molecule has 0 saturated heterocycles. The van der Waals surface area contributed by atoms with Gasteiger partial charge in [-0.2, -0.15) is 0 Å². The van der Waals surface area contributed by atoms with E-state index in [2.05, 4.69) is 27.9 Å². The topological polar surface area (TPSA) is 55.1 Å². The SMILES string of the molecule is CC(C(=O)Nc1ccc(Cl)cc1I)C(N)c1ccccc1. The molecule has 0 heterocycles. The third-order valence-electron chi connectivity index (χ3n) is 3.33. The van der Waals surface area contributed by atoms with Crippen molar-refractivity contribution in [3.8, 4) is 0 Å². The lowest BCUT2D eigenvalue weighted by Crippen LogP contribution is -2.30. The quantitative estimate of drug-likeness (QED) is 0.736. The maximum Gasteiger partial charge on any atom is 0.229 e. The number of anilines is 1. The summed E-state index contributed by atoms with van der Waals surface area (Å²) in [6, 6.07) is 14.6. The van der Waals surface area contributed by atoms with E-state index in [-0.39, 0.29) is 17.9 Å². The summed E-state index contributed by atoms with van der Waals surface area (Å²) in [5.74, 6) is -0.439. The predicted molar refractivity (Wildman–Crippen MR) is 95.3 cm³/mol. The van der Waals surface area contributed by atoms with Crippen molar-refractivity contribution in [2.45, 2.75) is 13.0 Å². The average Bonchev–Trinajstić information content (AvgIpc) is 2.49. The third-order valence-corrected chi connectivity index (χ3v) is 4.45. The molecule has 0 fully saturated rings. The lowest BCUT2D eigenvalue weighted by Gasteiger charge is -2.20. The van der Waals surface area contributed by atoms with Gasteiger partial charge >= 0.3 is 0 Å². The zero-order valence-corrected chi connectivity index (χ0v) is 14.4. The molecule has 0 aliphatic heterocycles. The molecule has 3 N–H and O–H groups in total. The average molecular weight is 415 g/mol. The van der Waals surface area contributed by atoms with Crippen LogP contribution in [0.15, 0.2) is 48.5 Å². The summed E-state index contributed by atoms with van der Waals surface area (Å²) >= 11 is 8.05. The van der Waals surface area contributed by atoms with Crippen LogP contribution in [0.5, 0.6) is 0 Å². The van der Waals surface area contributed by atoms with Crippen LogP contribution in [0.3, 0.4) is 0 Å². The molecule has 21 heavy (non-hydrogen) atoms. The van der Waals surface area contributed by atoms with Crippen molar-refractivity contribution >= 4 is 45.8 Å². The van der Waals surface area contributed by atoms with E-state index in [4.69, 9.17) is 17.3 Å². The van der Waals surface area contributed by atoms with Gasteiger partial charge in [0.2, 0.25) is 5.91 Å². The molecule has 3 nitrogen and oxygen atoms in total. The van der Waals surface area contributed by atoms with Crippen LogP contribution in [-0.4, -0.2) is 5.91 Å². The van der Waals surface area contributed by atoms with Crippen molar-refractivity contribution in [2.75, 3.05) is 5.32 Å². The van der Waals surface area contributed by atoms with E-state index in [1.54, 1.807) is 18.2 Å². The molecule has 0 aromatic heterocycles. The van der Waals surface area contributed by atoms with Crippen molar-refractivity contribution in [3.05, 3.63) is 62.7 Å². The Morgan fingerprint density at radius 3 is 2.52 bits per heavy atom.